The summed E-state index contributed by atoms with van der Waals surface area (Å²) in [6.07, 6.45) is 2.12. The van der Waals surface area contributed by atoms with Gasteiger partial charge in [0.2, 0.25) is 5.91 Å². The molecule has 1 aromatic carbocycles. The summed E-state index contributed by atoms with van der Waals surface area (Å²) in [4.78, 5) is 29.7. The number of pyridine rings is 1. The average Bonchev–Trinajstić information content (AvgIpc) is 3.00. The highest BCUT2D eigenvalue weighted by atomic mass is 16.2. The topological polar surface area (TPSA) is 101 Å². The van der Waals surface area contributed by atoms with Crippen molar-refractivity contribution in [2.24, 2.45) is 13.0 Å². The van der Waals surface area contributed by atoms with Gasteiger partial charge in [-0.1, -0.05) is 43.7 Å². The zero-order chi connectivity index (χ0) is 22.5. The maximum atomic E-state index is 12.9. The lowest BCUT2D eigenvalue weighted by atomic mass is 10.0. The van der Waals surface area contributed by atoms with E-state index in [0.29, 0.717) is 18.7 Å². The Balaban J connectivity index is 1.65. The van der Waals surface area contributed by atoms with Crippen molar-refractivity contribution < 1.29 is 9.59 Å². The highest BCUT2D eigenvalue weighted by Crippen LogP contribution is 2.19. The minimum Gasteiger partial charge on any atom is -0.334 e. The van der Waals surface area contributed by atoms with E-state index in [9.17, 15) is 9.59 Å². The summed E-state index contributed by atoms with van der Waals surface area (Å²) in [7, 11) is 1.83. The van der Waals surface area contributed by atoms with Crippen LogP contribution in [-0.4, -0.2) is 32.7 Å². The number of carbonyl (C=O) groups is 2. The molecule has 8 heteroatoms. The van der Waals surface area contributed by atoms with Gasteiger partial charge in [-0.25, -0.2) is 9.78 Å². The molecular formula is C23H30N6O2. The molecule has 0 spiro atoms. The number of amides is 3. The Morgan fingerprint density at radius 3 is 2.52 bits per heavy atom. The molecule has 0 aliphatic carbocycles. The molecule has 0 aliphatic rings. The third kappa shape index (κ3) is 5.81. The predicted octanol–water partition coefficient (Wildman–Crippen LogP) is 3.44. The molecule has 2 aromatic heterocycles. The van der Waals surface area contributed by atoms with Gasteiger partial charge >= 0.3 is 6.03 Å². The second-order valence-corrected chi connectivity index (χ2v) is 8.29. The molecule has 3 aromatic rings. The average molecular weight is 423 g/mol. The van der Waals surface area contributed by atoms with E-state index in [4.69, 9.17) is 0 Å². The Bertz CT molecular complexity index is 1070. The summed E-state index contributed by atoms with van der Waals surface area (Å²) in [5, 5.41) is 13.7. The molecule has 0 bridgehead atoms. The highest BCUT2D eigenvalue weighted by molar-refractivity contribution is 5.98. The quantitative estimate of drug-likeness (QED) is 0.543. The second-order valence-electron chi connectivity index (χ2n) is 8.29. The fraction of sp³-hybridized carbons (Fsp3) is 0.391. The number of hydrogen-bond acceptors (Lipinski definition) is 4. The van der Waals surface area contributed by atoms with Crippen LogP contribution < -0.4 is 16.0 Å². The number of aromatic nitrogens is 3. The van der Waals surface area contributed by atoms with Gasteiger partial charge in [0.1, 0.15) is 6.04 Å². The van der Waals surface area contributed by atoms with Gasteiger partial charge in [-0.2, -0.15) is 5.10 Å². The van der Waals surface area contributed by atoms with E-state index in [0.717, 1.165) is 27.9 Å². The summed E-state index contributed by atoms with van der Waals surface area (Å²) in [5.41, 5.74) is 4.33. The molecule has 3 N–H and O–H groups in total. The van der Waals surface area contributed by atoms with E-state index in [2.05, 4.69) is 26.0 Å². The van der Waals surface area contributed by atoms with Gasteiger partial charge in [-0.3, -0.25) is 9.48 Å². The first kappa shape index (κ1) is 22.3. The number of benzene rings is 1. The van der Waals surface area contributed by atoms with Crippen LogP contribution in [0, 0.1) is 19.8 Å². The fourth-order valence-electron chi connectivity index (χ4n) is 3.41. The van der Waals surface area contributed by atoms with Crippen LogP contribution in [0.2, 0.25) is 0 Å². The van der Waals surface area contributed by atoms with Crippen molar-refractivity contribution in [2.45, 2.75) is 46.7 Å². The number of urea groups is 1. The van der Waals surface area contributed by atoms with Crippen molar-refractivity contribution in [1.29, 1.82) is 0 Å². The van der Waals surface area contributed by atoms with Crippen LogP contribution in [0.1, 0.15) is 37.1 Å². The predicted molar refractivity (Wildman–Crippen MR) is 122 cm³/mol. The summed E-state index contributed by atoms with van der Waals surface area (Å²) < 4.78 is 1.71. The number of rotatable bonds is 7. The molecule has 8 nitrogen and oxygen atoms in total. The Hall–Kier alpha value is -3.42. The molecule has 2 heterocycles. The second kappa shape index (κ2) is 9.59. The first-order valence-corrected chi connectivity index (χ1v) is 10.4. The SMILES string of the molecule is Cc1ccc(CNC(=O)NC(CC(C)C)C(=O)Nc2cnc3c(c2)c(C)nn3C)cc1. The van der Waals surface area contributed by atoms with Gasteiger partial charge < -0.3 is 16.0 Å². The maximum Gasteiger partial charge on any atom is 0.315 e. The first-order valence-electron chi connectivity index (χ1n) is 10.4. The van der Waals surface area contributed by atoms with Crippen LogP contribution in [0.15, 0.2) is 36.5 Å². The summed E-state index contributed by atoms with van der Waals surface area (Å²) in [5.74, 6) is -0.0452. The molecule has 0 fully saturated rings. The van der Waals surface area contributed by atoms with Crippen LogP contribution >= 0.6 is 0 Å². The molecule has 31 heavy (non-hydrogen) atoms. The zero-order valence-corrected chi connectivity index (χ0v) is 18.7. The lowest BCUT2D eigenvalue weighted by Gasteiger charge is -2.20. The lowest BCUT2D eigenvalue weighted by molar-refractivity contribution is -0.118. The van der Waals surface area contributed by atoms with E-state index in [-0.39, 0.29) is 17.9 Å². The minimum atomic E-state index is -0.663. The number of fused-ring (bicyclic) bond motifs is 1. The highest BCUT2D eigenvalue weighted by Gasteiger charge is 2.22. The molecule has 1 unspecified atom stereocenters. The number of nitrogens with one attached hydrogen (secondary N) is 3. The molecule has 164 valence electrons. The van der Waals surface area contributed by atoms with Gasteiger partial charge in [0.05, 0.1) is 17.6 Å². The third-order valence-corrected chi connectivity index (χ3v) is 5.03. The number of nitrogens with zero attached hydrogens (tertiary/aromatic N) is 3. The Kier molecular flexibility index (Phi) is 6.89. The largest absolute Gasteiger partial charge is 0.334 e. The molecule has 3 amide bonds. The van der Waals surface area contributed by atoms with Crippen molar-refractivity contribution in [3.05, 3.63) is 53.3 Å². The van der Waals surface area contributed by atoms with Crippen molar-refractivity contribution in [1.82, 2.24) is 25.4 Å². The number of hydrogen-bond donors (Lipinski definition) is 3. The monoisotopic (exact) mass is 422 g/mol. The van der Waals surface area contributed by atoms with Crippen LogP contribution in [-0.2, 0) is 18.4 Å². The van der Waals surface area contributed by atoms with Crippen LogP contribution in [0.3, 0.4) is 0 Å². The van der Waals surface area contributed by atoms with Crippen LogP contribution in [0.4, 0.5) is 10.5 Å². The van der Waals surface area contributed by atoms with E-state index in [1.54, 1.807) is 10.9 Å². The third-order valence-electron chi connectivity index (χ3n) is 5.03. The molecule has 1 atom stereocenters. The molecular weight excluding hydrogens is 392 g/mol. The van der Waals surface area contributed by atoms with Crippen molar-refractivity contribution >= 4 is 28.7 Å². The zero-order valence-electron chi connectivity index (χ0n) is 18.7. The maximum absolute atomic E-state index is 12.9. The Labute approximate surface area is 182 Å². The van der Waals surface area contributed by atoms with Gasteiger partial charge in [0.15, 0.2) is 5.65 Å². The standard InChI is InChI=1S/C23H30N6O2/c1-14(2)10-20(27-23(31)25-12-17-8-6-15(3)7-9-17)22(30)26-18-11-19-16(4)28-29(5)21(19)24-13-18/h6-9,11,13-14,20H,10,12H2,1-5H3,(H,26,30)(H2,25,27,31). The minimum absolute atomic E-state index is 0.231. The van der Waals surface area contributed by atoms with E-state index in [1.165, 1.54) is 0 Å². The summed E-state index contributed by atoms with van der Waals surface area (Å²) >= 11 is 0. The Morgan fingerprint density at radius 2 is 1.84 bits per heavy atom. The van der Waals surface area contributed by atoms with E-state index < -0.39 is 6.04 Å². The normalized spacial score (nSPS) is 12.1. The molecule has 0 aliphatic heterocycles. The van der Waals surface area contributed by atoms with E-state index in [1.807, 2.05) is 65.1 Å². The fourth-order valence-corrected chi connectivity index (χ4v) is 3.41. The lowest BCUT2D eigenvalue weighted by Crippen LogP contribution is -2.48. The van der Waals surface area contributed by atoms with Crippen molar-refractivity contribution in [3.8, 4) is 0 Å². The van der Waals surface area contributed by atoms with Gasteiger partial charge in [-0.05, 0) is 37.8 Å². The smallest absolute Gasteiger partial charge is 0.315 e. The molecule has 0 saturated heterocycles. The van der Waals surface area contributed by atoms with Crippen molar-refractivity contribution in [3.63, 3.8) is 0 Å². The first-order chi connectivity index (χ1) is 14.7. The van der Waals surface area contributed by atoms with Gasteiger partial charge in [0, 0.05) is 19.0 Å². The van der Waals surface area contributed by atoms with Gasteiger partial charge in [-0.15, -0.1) is 0 Å². The number of anilines is 1. The van der Waals surface area contributed by atoms with Crippen LogP contribution in [0.25, 0.3) is 11.0 Å². The van der Waals surface area contributed by atoms with Crippen molar-refractivity contribution in [2.75, 3.05) is 5.32 Å². The van der Waals surface area contributed by atoms with Gasteiger partial charge in [0.25, 0.3) is 0 Å². The molecule has 3 rings (SSSR count). The Morgan fingerprint density at radius 1 is 1.13 bits per heavy atom. The number of carbonyl (C=O) groups excluding carboxylic acids is 2. The molecule has 0 saturated carbocycles. The number of aryl methyl sites for hydroxylation is 3. The van der Waals surface area contributed by atoms with Crippen LogP contribution in [0.5, 0.6) is 0 Å². The van der Waals surface area contributed by atoms with E-state index >= 15 is 0 Å². The summed E-state index contributed by atoms with van der Waals surface area (Å²) in [6, 6.07) is 8.75. The summed E-state index contributed by atoms with van der Waals surface area (Å²) in [6.45, 7) is 8.33. The molecule has 0 radical (unpaired) electrons.